The summed E-state index contributed by atoms with van der Waals surface area (Å²) in [5, 5.41) is 0. The zero-order valence-corrected chi connectivity index (χ0v) is 8.16. The molecule has 0 saturated heterocycles. The first-order chi connectivity index (χ1) is 6.66. The van der Waals surface area contributed by atoms with Crippen molar-refractivity contribution in [2.24, 2.45) is 5.73 Å². The number of nitrogens with two attached hydrogens (primary N) is 1. The molecule has 2 heteroatoms. The van der Waals surface area contributed by atoms with Gasteiger partial charge in [0.25, 0.3) is 0 Å². The lowest BCUT2D eigenvalue weighted by molar-refractivity contribution is 0.1000. The van der Waals surface area contributed by atoms with Gasteiger partial charge in [0.2, 0.25) is 5.91 Å². The summed E-state index contributed by atoms with van der Waals surface area (Å²) in [7, 11) is 0. The molecule has 0 saturated carbocycles. The Hall–Kier alpha value is -1.83. The van der Waals surface area contributed by atoms with E-state index in [1.807, 2.05) is 31.2 Å². The lowest BCUT2D eigenvalue weighted by Crippen LogP contribution is -2.12. The Kier molecular flexibility index (Phi) is 3.24. The smallest absolute Gasteiger partial charge is 0.249 e. The summed E-state index contributed by atoms with van der Waals surface area (Å²) in [4.78, 5) is 11.1. The minimum Gasteiger partial charge on any atom is -0.366 e. The first-order valence-corrected chi connectivity index (χ1v) is 4.37. The highest BCUT2D eigenvalue weighted by molar-refractivity contribution is 5.98. The maximum absolute atomic E-state index is 11.1. The highest BCUT2D eigenvalue weighted by Gasteiger charge is 2.07. The largest absolute Gasteiger partial charge is 0.366 e. The van der Waals surface area contributed by atoms with Crippen LogP contribution < -0.4 is 5.73 Å². The summed E-state index contributed by atoms with van der Waals surface area (Å²) in [6.45, 7) is 5.76. The molecular formula is C12H13NO. The van der Waals surface area contributed by atoms with Gasteiger partial charge in [-0.15, -0.1) is 0 Å². The summed E-state index contributed by atoms with van der Waals surface area (Å²) < 4.78 is 0. The van der Waals surface area contributed by atoms with Crippen LogP contribution in [0.25, 0.3) is 5.57 Å². The van der Waals surface area contributed by atoms with Crippen molar-refractivity contribution in [3.63, 3.8) is 0 Å². The molecular weight excluding hydrogens is 174 g/mol. The molecule has 1 aromatic carbocycles. The second kappa shape index (κ2) is 4.42. The molecule has 1 rings (SSSR count). The zero-order chi connectivity index (χ0) is 10.6. The summed E-state index contributed by atoms with van der Waals surface area (Å²) >= 11 is 0. The van der Waals surface area contributed by atoms with Gasteiger partial charge in [0.05, 0.1) is 0 Å². The van der Waals surface area contributed by atoms with Gasteiger partial charge in [0.15, 0.2) is 0 Å². The molecule has 2 nitrogen and oxygen atoms in total. The summed E-state index contributed by atoms with van der Waals surface area (Å²) in [5.41, 5.74) is 7.34. The highest BCUT2D eigenvalue weighted by Crippen LogP contribution is 2.18. The number of hydrogen-bond donors (Lipinski definition) is 1. The number of hydrogen-bond acceptors (Lipinski definition) is 1. The van der Waals surface area contributed by atoms with E-state index in [0.717, 1.165) is 11.1 Å². The third-order valence-corrected chi connectivity index (χ3v) is 1.91. The van der Waals surface area contributed by atoms with Crippen LogP contribution in [0.2, 0.25) is 0 Å². The van der Waals surface area contributed by atoms with E-state index in [-0.39, 0.29) is 0 Å². The molecule has 0 aliphatic rings. The summed E-state index contributed by atoms with van der Waals surface area (Å²) in [5.74, 6) is -0.425. The number of primary amides is 1. The van der Waals surface area contributed by atoms with Crippen LogP contribution in [0.5, 0.6) is 0 Å². The van der Waals surface area contributed by atoms with Crippen molar-refractivity contribution in [1.82, 2.24) is 0 Å². The molecule has 0 unspecified atom stereocenters. The predicted molar refractivity (Wildman–Crippen MR) is 58.8 cm³/mol. The number of rotatable bonds is 3. The molecule has 0 aliphatic carbocycles. The van der Waals surface area contributed by atoms with Gasteiger partial charge >= 0.3 is 0 Å². The number of carbonyl (C=O) groups excluding carboxylic acids is 1. The Morgan fingerprint density at radius 3 is 2.43 bits per heavy atom. The average molecular weight is 187 g/mol. The maximum atomic E-state index is 11.1. The van der Waals surface area contributed by atoms with Gasteiger partial charge in [-0.05, 0) is 24.1 Å². The SMILES string of the molecule is C=C(/C=C\C)c1ccccc1C(N)=O. The zero-order valence-electron chi connectivity index (χ0n) is 8.16. The first kappa shape index (κ1) is 10.3. The number of amides is 1. The number of benzene rings is 1. The maximum Gasteiger partial charge on any atom is 0.249 e. The third kappa shape index (κ3) is 2.10. The van der Waals surface area contributed by atoms with E-state index >= 15 is 0 Å². The van der Waals surface area contributed by atoms with Crippen LogP contribution >= 0.6 is 0 Å². The van der Waals surface area contributed by atoms with Crippen LogP contribution in [-0.2, 0) is 0 Å². The van der Waals surface area contributed by atoms with E-state index in [4.69, 9.17) is 5.73 Å². The van der Waals surface area contributed by atoms with E-state index in [1.54, 1.807) is 12.1 Å². The summed E-state index contributed by atoms with van der Waals surface area (Å²) in [6.07, 6.45) is 3.72. The van der Waals surface area contributed by atoms with Gasteiger partial charge in [-0.1, -0.05) is 36.9 Å². The van der Waals surface area contributed by atoms with E-state index < -0.39 is 5.91 Å². The fraction of sp³-hybridized carbons (Fsp3) is 0.0833. The Bertz CT molecular complexity index is 391. The molecule has 14 heavy (non-hydrogen) atoms. The molecule has 0 atom stereocenters. The van der Waals surface area contributed by atoms with E-state index in [0.29, 0.717) is 5.56 Å². The Balaban J connectivity index is 3.20. The molecule has 72 valence electrons. The lowest BCUT2D eigenvalue weighted by atomic mass is 10.0. The molecule has 0 radical (unpaired) electrons. The first-order valence-electron chi connectivity index (χ1n) is 4.37. The molecule has 2 N–H and O–H groups in total. The number of carbonyl (C=O) groups is 1. The average Bonchev–Trinajstić information content (AvgIpc) is 2.18. The fourth-order valence-corrected chi connectivity index (χ4v) is 1.27. The topological polar surface area (TPSA) is 43.1 Å². The summed E-state index contributed by atoms with van der Waals surface area (Å²) in [6, 6.07) is 7.18. The molecule has 0 spiro atoms. The fourth-order valence-electron chi connectivity index (χ4n) is 1.27. The Morgan fingerprint density at radius 2 is 1.93 bits per heavy atom. The number of allylic oxidation sites excluding steroid dienone is 3. The van der Waals surface area contributed by atoms with E-state index in [9.17, 15) is 4.79 Å². The van der Waals surface area contributed by atoms with Crippen LogP contribution in [0.4, 0.5) is 0 Å². The quantitative estimate of drug-likeness (QED) is 0.725. The van der Waals surface area contributed by atoms with Gasteiger partial charge in [0, 0.05) is 5.56 Å². The van der Waals surface area contributed by atoms with Crippen LogP contribution in [0.15, 0.2) is 43.0 Å². The van der Waals surface area contributed by atoms with Crippen molar-refractivity contribution < 1.29 is 4.79 Å². The minimum absolute atomic E-state index is 0.425. The van der Waals surface area contributed by atoms with Crippen LogP contribution in [0.1, 0.15) is 22.8 Å². The van der Waals surface area contributed by atoms with Crippen molar-refractivity contribution in [3.8, 4) is 0 Å². The molecule has 0 heterocycles. The molecule has 1 aromatic rings. The molecule has 0 fully saturated rings. The van der Waals surface area contributed by atoms with E-state index in [1.165, 1.54) is 0 Å². The van der Waals surface area contributed by atoms with Crippen LogP contribution in [0, 0.1) is 0 Å². The van der Waals surface area contributed by atoms with Crippen molar-refractivity contribution >= 4 is 11.5 Å². The van der Waals surface area contributed by atoms with Gasteiger partial charge in [-0.2, -0.15) is 0 Å². The van der Waals surface area contributed by atoms with Gasteiger partial charge < -0.3 is 5.73 Å². The van der Waals surface area contributed by atoms with Gasteiger partial charge in [-0.3, -0.25) is 4.79 Å². The Labute approximate surface area is 83.7 Å². The van der Waals surface area contributed by atoms with Gasteiger partial charge in [0.1, 0.15) is 0 Å². The van der Waals surface area contributed by atoms with Gasteiger partial charge in [-0.25, -0.2) is 0 Å². The lowest BCUT2D eigenvalue weighted by Gasteiger charge is -2.05. The molecule has 0 aliphatic heterocycles. The van der Waals surface area contributed by atoms with Crippen molar-refractivity contribution in [2.45, 2.75) is 6.92 Å². The molecule has 0 bridgehead atoms. The minimum atomic E-state index is -0.425. The second-order valence-electron chi connectivity index (χ2n) is 2.94. The van der Waals surface area contributed by atoms with E-state index in [2.05, 4.69) is 6.58 Å². The third-order valence-electron chi connectivity index (χ3n) is 1.91. The van der Waals surface area contributed by atoms with Crippen molar-refractivity contribution in [3.05, 3.63) is 54.1 Å². The highest BCUT2D eigenvalue weighted by atomic mass is 16.1. The van der Waals surface area contributed by atoms with Crippen molar-refractivity contribution in [1.29, 1.82) is 0 Å². The normalized spacial score (nSPS) is 10.4. The molecule has 0 aromatic heterocycles. The predicted octanol–water partition coefficient (Wildman–Crippen LogP) is 2.37. The van der Waals surface area contributed by atoms with Crippen LogP contribution in [0.3, 0.4) is 0 Å². The monoisotopic (exact) mass is 187 g/mol. The Morgan fingerprint density at radius 1 is 1.36 bits per heavy atom. The van der Waals surface area contributed by atoms with Crippen LogP contribution in [-0.4, -0.2) is 5.91 Å². The van der Waals surface area contributed by atoms with Crippen molar-refractivity contribution in [2.75, 3.05) is 0 Å². The second-order valence-corrected chi connectivity index (χ2v) is 2.94. The molecule has 1 amide bonds. The standard InChI is InChI=1S/C12H13NO/c1-3-6-9(2)10-7-4-5-8-11(10)12(13)14/h3-8H,2H2,1H3,(H2,13,14)/b6-3-.